The lowest BCUT2D eigenvalue weighted by Crippen LogP contribution is -2.19. The van der Waals surface area contributed by atoms with E-state index in [-0.39, 0.29) is 6.79 Å². The zero-order chi connectivity index (χ0) is 26.3. The normalized spacial score (nSPS) is 12.6. The molecule has 0 spiro atoms. The van der Waals surface area contributed by atoms with Crippen LogP contribution >= 0.6 is 0 Å². The maximum Gasteiger partial charge on any atom is 0.231 e. The summed E-state index contributed by atoms with van der Waals surface area (Å²) in [7, 11) is 4.03. The smallest absolute Gasteiger partial charge is 0.231 e. The predicted octanol–water partition coefficient (Wildman–Crippen LogP) is 4.90. The van der Waals surface area contributed by atoms with Crippen LogP contribution in [0.15, 0.2) is 67.0 Å². The van der Waals surface area contributed by atoms with E-state index in [9.17, 15) is 0 Å². The monoisotopic (exact) mass is 519 g/mol. The molecule has 2 aromatic carbocycles. The highest BCUT2D eigenvalue weighted by molar-refractivity contribution is 5.96. The SMILES string of the molecule is CN(C)CCOc1cncc(-c2ccc3[nH]nc(-c4nc5c(-c6ccc7c(c6)OCO7)cccc5[nH]4)c3n2)c1. The van der Waals surface area contributed by atoms with Gasteiger partial charge in [-0.2, -0.15) is 5.10 Å². The van der Waals surface area contributed by atoms with E-state index in [1.54, 1.807) is 12.4 Å². The Hall–Kier alpha value is -4.96. The highest BCUT2D eigenvalue weighted by atomic mass is 16.7. The fourth-order valence-electron chi connectivity index (χ4n) is 4.65. The number of fused-ring (bicyclic) bond motifs is 3. The van der Waals surface area contributed by atoms with Gasteiger partial charge in [-0.05, 0) is 56.1 Å². The summed E-state index contributed by atoms with van der Waals surface area (Å²) in [6.45, 7) is 1.64. The van der Waals surface area contributed by atoms with Crippen LogP contribution in [0.4, 0.5) is 0 Å². The molecule has 7 rings (SSSR count). The zero-order valence-electron chi connectivity index (χ0n) is 21.4. The molecule has 0 unspecified atom stereocenters. The van der Waals surface area contributed by atoms with Gasteiger partial charge in [0.05, 0.1) is 28.4 Å². The molecule has 0 atom stereocenters. The third-order valence-corrected chi connectivity index (χ3v) is 6.64. The Morgan fingerprint density at radius 1 is 0.897 bits per heavy atom. The minimum Gasteiger partial charge on any atom is -0.491 e. The second-order valence-corrected chi connectivity index (χ2v) is 9.58. The first-order valence-electron chi connectivity index (χ1n) is 12.6. The number of ether oxygens (including phenoxy) is 3. The van der Waals surface area contributed by atoms with E-state index < -0.39 is 0 Å². The summed E-state index contributed by atoms with van der Waals surface area (Å²) in [4.78, 5) is 19.7. The number of imidazole rings is 1. The quantitative estimate of drug-likeness (QED) is 0.306. The van der Waals surface area contributed by atoms with E-state index >= 15 is 0 Å². The van der Waals surface area contributed by atoms with E-state index in [2.05, 4.69) is 25.1 Å². The summed E-state index contributed by atoms with van der Waals surface area (Å²) in [6, 6.07) is 17.8. The fraction of sp³-hybridized carbons (Fsp3) is 0.172. The summed E-state index contributed by atoms with van der Waals surface area (Å²) in [6.07, 6.45) is 3.50. The third kappa shape index (κ3) is 4.30. The molecule has 10 heteroatoms. The number of nitrogens with one attached hydrogen (secondary N) is 2. The van der Waals surface area contributed by atoms with Crippen molar-refractivity contribution < 1.29 is 14.2 Å². The zero-order valence-corrected chi connectivity index (χ0v) is 21.4. The molecular formula is C29H25N7O3. The van der Waals surface area contributed by atoms with E-state index in [1.165, 1.54) is 0 Å². The number of nitrogens with zero attached hydrogens (tertiary/aromatic N) is 5. The highest BCUT2D eigenvalue weighted by Crippen LogP contribution is 2.38. The molecule has 39 heavy (non-hydrogen) atoms. The number of H-pyrrole nitrogens is 2. The fourth-order valence-corrected chi connectivity index (χ4v) is 4.65. The number of benzene rings is 2. The molecule has 0 saturated heterocycles. The van der Waals surface area contributed by atoms with Crippen molar-refractivity contribution in [3.8, 4) is 51.2 Å². The number of hydrogen-bond acceptors (Lipinski definition) is 8. The molecule has 0 bridgehead atoms. The van der Waals surface area contributed by atoms with E-state index in [4.69, 9.17) is 24.2 Å². The second kappa shape index (κ2) is 9.41. The van der Waals surface area contributed by atoms with Crippen molar-refractivity contribution in [2.45, 2.75) is 0 Å². The van der Waals surface area contributed by atoms with Gasteiger partial charge in [-0.1, -0.05) is 18.2 Å². The molecule has 1 aliphatic rings. The minimum absolute atomic E-state index is 0.237. The lowest BCUT2D eigenvalue weighted by molar-refractivity contribution is 0.174. The summed E-state index contributed by atoms with van der Waals surface area (Å²) in [5.41, 5.74) is 7.53. The van der Waals surface area contributed by atoms with E-state index in [0.29, 0.717) is 23.9 Å². The molecule has 194 valence electrons. The van der Waals surface area contributed by atoms with E-state index in [1.807, 2.05) is 68.7 Å². The van der Waals surface area contributed by atoms with Crippen LogP contribution in [-0.2, 0) is 0 Å². The molecule has 0 fully saturated rings. The number of para-hydroxylation sites is 1. The third-order valence-electron chi connectivity index (χ3n) is 6.64. The number of rotatable bonds is 7. The van der Waals surface area contributed by atoms with Gasteiger partial charge in [0.15, 0.2) is 23.0 Å². The minimum atomic E-state index is 0.237. The van der Waals surface area contributed by atoms with Gasteiger partial charge in [0.25, 0.3) is 0 Å². The van der Waals surface area contributed by atoms with Gasteiger partial charge < -0.3 is 24.1 Å². The van der Waals surface area contributed by atoms with E-state index in [0.717, 1.165) is 62.5 Å². The Balaban J connectivity index is 1.25. The van der Waals surface area contributed by atoms with Crippen LogP contribution in [-0.4, -0.2) is 69.1 Å². The van der Waals surface area contributed by atoms with Gasteiger partial charge in [-0.3, -0.25) is 10.1 Å². The van der Waals surface area contributed by atoms with Gasteiger partial charge in [0.1, 0.15) is 17.9 Å². The van der Waals surface area contributed by atoms with Crippen LogP contribution in [0.5, 0.6) is 17.2 Å². The molecule has 0 aliphatic carbocycles. The highest BCUT2D eigenvalue weighted by Gasteiger charge is 2.19. The molecular weight excluding hydrogens is 494 g/mol. The maximum absolute atomic E-state index is 5.87. The second-order valence-electron chi connectivity index (χ2n) is 9.58. The Morgan fingerprint density at radius 2 is 1.82 bits per heavy atom. The molecule has 0 amide bonds. The van der Waals surface area contributed by atoms with Gasteiger partial charge in [0.2, 0.25) is 6.79 Å². The van der Waals surface area contributed by atoms with Crippen LogP contribution in [0, 0.1) is 0 Å². The average Bonchev–Trinajstić information content (AvgIpc) is 3.69. The molecule has 2 N–H and O–H groups in total. The predicted molar refractivity (Wildman–Crippen MR) is 148 cm³/mol. The van der Waals surface area contributed by atoms with Gasteiger partial charge in [0, 0.05) is 23.9 Å². The number of aromatic nitrogens is 6. The lowest BCUT2D eigenvalue weighted by Gasteiger charge is -2.11. The number of likely N-dealkylation sites (N-methyl/N-ethyl adjacent to an activating group) is 1. The number of hydrogen-bond donors (Lipinski definition) is 2. The molecule has 6 aromatic rings. The van der Waals surface area contributed by atoms with Gasteiger partial charge >= 0.3 is 0 Å². The molecule has 0 radical (unpaired) electrons. The standard InChI is InChI=1S/C29H25N7O3/c1-36(2)10-11-37-19-12-18(14-30-15-19)21-7-8-23-27(31-21)28(35-34-23)29-32-22-5-3-4-20(26(22)33-29)17-6-9-24-25(13-17)39-16-38-24/h3-9,12-15H,10-11,16H2,1-2H3,(H,32,33)(H,34,35). The van der Waals surface area contributed by atoms with Crippen molar-refractivity contribution in [2.75, 3.05) is 34.0 Å². The Kier molecular flexibility index (Phi) is 5.59. The first-order valence-corrected chi connectivity index (χ1v) is 12.6. The summed E-state index contributed by atoms with van der Waals surface area (Å²) < 4.78 is 16.9. The molecule has 10 nitrogen and oxygen atoms in total. The summed E-state index contributed by atoms with van der Waals surface area (Å²) in [5.74, 6) is 2.82. The van der Waals surface area contributed by atoms with Crippen molar-refractivity contribution in [3.63, 3.8) is 0 Å². The largest absolute Gasteiger partial charge is 0.491 e. The summed E-state index contributed by atoms with van der Waals surface area (Å²) in [5, 5.41) is 7.64. The molecule has 4 aromatic heterocycles. The van der Waals surface area contributed by atoms with Gasteiger partial charge in [-0.15, -0.1) is 0 Å². The molecule has 1 aliphatic heterocycles. The van der Waals surface area contributed by atoms with Crippen LogP contribution < -0.4 is 14.2 Å². The lowest BCUT2D eigenvalue weighted by atomic mass is 10.0. The van der Waals surface area contributed by atoms with Crippen molar-refractivity contribution >= 4 is 22.1 Å². The average molecular weight is 520 g/mol. The maximum atomic E-state index is 5.87. The Labute approximate surface area is 223 Å². The van der Waals surface area contributed by atoms with Crippen molar-refractivity contribution in [2.24, 2.45) is 0 Å². The number of aromatic amines is 2. The van der Waals surface area contributed by atoms with Crippen LogP contribution in [0.25, 0.3) is 56.0 Å². The first-order chi connectivity index (χ1) is 19.1. The van der Waals surface area contributed by atoms with Crippen LogP contribution in [0.1, 0.15) is 0 Å². The molecule has 5 heterocycles. The number of pyridine rings is 2. The van der Waals surface area contributed by atoms with Crippen molar-refractivity contribution in [3.05, 3.63) is 67.0 Å². The first kappa shape index (κ1) is 23.2. The van der Waals surface area contributed by atoms with Crippen LogP contribution in [0.3, 0.4) is 0 Å². The van der Waals surface area contributed by atoms with Crippen molar-refractivity contribution in [1.29, 1.82) is 0 Å². The van der Waals surface area contributed by atoms with Gasteiger partial charge in [-0.25, -0.2) is 9.97 Å². The van der Waals surface area contributed by atoms with Crippen molar-refractivity contribution in [1.82, 2.24) is 35.0 Å². The Bertz CT molecular complexity index is 1830. The topological polar surface area (TPSA) is 114 Å². The van der Waals surface area contributed by atoms with Crippen LogP contribution in [0.2, 0.25) is 0 Å². The Morgan fingerprint density at radius 3 is 2.74 bits per heavy atom. The summed E-state index contributed by atoms with van der Waals surface area (Å²) >= 11 is 0. The molecule has 0 saturated carbocycles.